The number of fused-ring (bicyclic) bond motifs is 2. The SMILES string of the molecule is C=CC[C@H]1C(=O)[C@]2(OC)C=C[C@@]1(C)CC2. The summed E-state index contributed by atoms with van der Waals surface area (Å²) in [6.07, 6.45) is 8.56. The largest absolute Gasteiger partial charge is 0.366 e. The molecule has 1 fully saturated rings. The molecular formula is C13H18O2. The minimum Gasteiger partial charge on any atom is -0.366 e. The Morgan fingerprint density at radius 1 is 1.60 bits per heavy atom. The Morgan fingerprint density at radius 2 is 2.33 bits per heavy atom. The molecule has 15 heavy (non-hydrogen) atoms. The zero-order valence-electron chi connectivity index (χ0n) is 9.45. The standard InChI is InChI=1S/C13H18O2/c1-4-5-10-11(14)13(15-3)8-6-12(10,2)7-9-13/h4,6,8,10H,1,5,7,9H2,2-3H3/t10-,12-,13-/m0/s1. The second-order valence-corrected chi connectivity index (χ2v) is 4.87. The van der Waals surface area contributed by atoms with Crippen LogP contribution in [0, 0.1) is 11.3 Å². The lowest BCUT2D eigenvalue weighted by atomic mass is 9.56. The van der Waals surface area contributed by atoms with Gasteiger partial charge in [0.05, 0.1) is 0 Å². The van der Waals surface area contributed by atoms with Crippen LogP contribution in [0.1, 0.15) is 26.2 Å². The molecule has 3 aliphatic carbocycles. The first kappa shape index (κ1) is 10.6. The number of ketones is 1. The highest BCUT2D eigenvalue weighted by atomic mass is 16.5. The van der Waals surface area contributed by atoms with Gasteiger partial charge in [-0.3, -0.25) is 4.79 Å². The number of ether oxygens (including phenoxy) is 1. The maximum absolute atomic E-state index is 12.3. The fourth-order valence-electron chi connectivity index (χ4n) is 2.85. The second kappa shape index (κ2) is 3.31. The van der Waals surface area contributed by atoms with Crippen LogP contribution in [0.4, 0.5) is 0 Å². The van der Waals surface area contributed by atoms with E-state index in [1.54, 1.807) is 7.11 Å². The average molecular weight is 206 g/mol. The minimum absolute atomic E-state index is 0.0194. The van der Waals surface area contributed by atoms with Gasteiger partial charge in [0.25, 0.3) is 0 Å². The predicted octanol–water partition coefficient (Wildman–Crippen LogP) is 2.50. The zero-order valence-corrected chi connectivity index (χ0v) is 9.45. The third-order valence-electron chi connectivity index (χ3n) is 4.06. The van der Waals surface area contributed by atoms with E-state index in [-0.39, 0.29) is 17.1 Å². The fourth-order valence-corrected chi connectivity index (χ4v) is 2.85. The van der Waals surface area contributed by atoms with Gasteiger partial charge in [0.15, 0.2) is 5.78 Å². The van der Waals surface area contributed by atoms with Crippen LogP contribution in [-0.4, -0.2) is 18.5 Å². The predicted molar refractivity (Wildman–Crippen MR) is 59.5 cm³/mol. The van der Waals surface area contributed by atoms with Crippen molar-refractivity contribution in [3.63, 3.8) is 0 Å². The topological polar surface area (TPSA) is 26.3 Å². The minimum atomic E-state index is -0.633. The molecule has 0 heterocycles. The molecule has 0 aliphatic heterocycles. The van der Waals surface area contributed by atoms with Crippen molar-refractivity contribution in [2.45, 2.75) is 31.8 Å². The lowest BCUT2D eigenvalue weighted by molar-refractivity contribution is -0.152. The highest BCUT2D eigenvalue weighted by Gasteiger charge is 2.54. The number of allylic oxidation sites excluding steroid dienone is 2. The lowest BCUT2D eigenvalue weighted by Gasteiger charge is -2.50. The smallest absolute Gasteiger partial charge is 0.172 e. The van der Waals surface area contributed by atoms with Crippen LogP contribution in [0.15, 0.2) is 24.8 Å². The first-order valence-corrected chi connectivity index (χ1v) is 5.49. The molecule has 0 aromatic heterocycles. The maximum Gasteiger partial charge on any atom is 0.172 e. The highest BCUT2D eigenvalue weighted by molar-refractivity contribution is 5.94. The molecule has 2 heteroatoms. The maximum atomic E-state index is 12.3. The first-order valence-electron chi connectivity index (χ1n) is 5.49. The molecule has 0 N–H and O–H groups in total. The number of methoxy groups -OCH3 is 1. The van der Waals surface area contributed by atoms with Crippen molar-refractivity contribution in [1.82, 2.24) is 0 Å². The number of hydrogen-bond donors (Lipinski definition) is 0. The molecule has 0 amide bonds. The van der Waals surface area contributed by atoms with Crippen LogP contribution in [-0.2, 0) is 9.53 Å². The number of carbonyl (C=O) groups excluding carboxylic acids is 1. The molecule has 0 unspecified atom stereocenters. The van der Waals surface area contributed by atoms with Crippen molar-refractivity contribution >= 4 is 5.78 Å². The molecule has 2 nitrogen and oxygen atoms in total. The summed E-state index contributed by atoms with van der Waals surface area (Å²) in [5.74, 6) is 0.287. The second-order valence-electron chi connectivity index (χ2n) is 4.87. The summed E-state index contributed by atoms with van der Waals surface area (Å²) in [4.78, 5) is 12.3. The summed E-state index contributed by atoms with van der Waals surface area (Å²) in [6.45, 7) is 5.90. The molecule has 0 aromatic carbocycles. The molecular weight excluding hydrogens is 188 g/mol. The summed E-state index contributed by atoms with van der Waals surface area (Å²) in [7, 11) is 1.63. The van der Waals surface area contributed by atoms with Gasteiger partial charge < -0.3 is 4.74 Å². The molecule has 3 rings (SSSR count). The van der Waals surface area contributed by atoms with Crippen LogP contribution < -0.4 is 0 Å². The lowest BCUT2D eigenvalue weighted by Crippen LogP contribution is -2.55. The van der Waals surface area contributed by atoms with Crippen LogP contribution in [0.3, 0.4) is 0 Å². The van der Waals surface area contributed by atoms with Gasteiger partial charge in [-0.1, -0.05) is 19.1 Å². The van der Waals surface area contributed by atoms with Gasteiger partial charge in [-0.2, -0.15) is 0 Å². The summed E-state index contributed by atoms with van der Waals surface area (Å²) in [5.41, 5.74) is -0.614. The van der Waals surface area contributed by atoms with E-state index in [1.165, 1.54) is 0 Å². The average Bonchev–Trinajstić information content (AvgIpc) is 2.25. The van der Waals surface area contributed by atoms with E-state index in [0.717, 1.165) is 19.3 Å². The third kappa shape index (κ3) is 1.31. The van der Waals surface area contributed by atoms with E-state index in [1.807, 2.05) is 12.2 Å². The van der Waals surface area contributed by atoms with Gasteiger partial charge in [-0.05, 0) is 30.8 Å². The van der Waals surface area contributed by atoms with E-state index >= 15 is 0 Å². The molecule has 3 aliphatic rings. The van der Waals surface area contributed by atoms with Crippen LogP contribution in [0.25, 0.3) is 0 Å². The summed E-state index contributed by atoms with van der Waals surface area (Å²) in [6, 6.07) is 0. The Kier molecular flexibility index (Phi) is 2.34. The van der Waals surface area contributed by atoms with Crippen LogP contribution in [0.5, 0.6) is 0 Å². The summed E-state index contributed by atoms with van der Waals surface area (Å²) >= 11 is 0. The molecule has 0 radical (unpaired) electrons. The third-order valence-corrected chi connectivity index (χ3v) is 4.06. The van der Waals surface area contributed by atoms with Gasteiger partial charge in [-0.25, -0.2) is 0 Å². The van der Waals surface area contributed by atoms with Crippen molar-refractivity contribution < 1.29 is 9.53 Å². The molecule has 82 valence electrons. The van der Waals surface area contributed by atoms with E-state index in [2.05, 4.69) is 19.6 Å². The van der Waals surface area contributed by atoms with E-state index in [9.17, 15) is 4.79 Å². The Labute approximate surface area is 91.0 Å². The summed E-state index contributed by atoms with van der Waals surface area (Å²) < 4.78 is 5.43. The van der Waals surface area contributed by atoms with Gasteiger partial charge in [0, 0.05) is 13.0 Å². The van der Waals surface area contributed by atoms with Gasteiger partial charge in [0.1, 0.15) is 5.60 Å². The number of carbonyl (C=O) groups is 1. The quantitative estimate of drug-likeness (QED) is 0.663. The Hall–Kier alpha value is -0.890. The van der Waals surface area contributed by atoms with E-state index in [0.29, 0.717) is 0 Å². The monoisotopic (exact) mass is 206 g/mol. The Balaban J connectivity index is 2.41. The highest BCUT2D eigenvalue weighted by Crippen LogP contribution is 2.51. The fraction of sp³-hybridized carbons (Fsp3) is 0.615. The normalized spacial score (nSPS) is 43.3. The molecule has 3 atom stereocenters. The van der Waals surface area contributed by atoms with E-state index in [4.69, 9.17) is 4.74 Å². The van der Waals surface area contributed by atoms with Crippen LogP contribution in [0.2, 0.25) is 0 Å². The van der Waals surface area contributed by atoms with Gasteiger partial charge >= 0.3 is 0 Å². The van der Waals surface area contributed by atoms with Crippen molar-refractivity contribution in [3.8, 4) is 0 Å². The Bertz CT molecular complexity index is 331. The molecule has 0 spiro atoms. The number of rotatable bonds is 3. The first-order chi connectivity index (χ1) is 7.08. The zero-order chi connectivity index (χ0) is 11.1. The molecule has 1 saturated carbocycles. The van der Waals surface area contributed by atoms with E-state index < -0.39 is 5.60 Å². The van der Waals surface area contributed by atoms with Gasteiger partial charge in [-0.15, -0.1) is 6.58 Å². The van der Waals surface area contributed by atoms with Crippen molar-refractivity contribution in [2.24, 2.45) is 11.3 Å². The van der Waals surface area contributed by atoms with Gasteiger partial charge in [0.2, 0.25) is 0 Å². The molecule has 0 saturated heterocycles. The van der Waals surface area contributed by atoms with Crippen LogP contribution >= 0.6 is 0 Å². The Morgan fingerprint density at radius 3 is 2.80 bits per heavy atom. The van der Waals surface area contributed by atoms with Crippen molar-refractivity contribution in [3.05, 3.63) is 24.8 Å². The molecule has 2 bridgehead atoms. The van der Waals surface area contributed by atoms with Crippen molar-refractivity contribution in [2.75, 3.05) is 7.11 Å². The molecule has 0 aromatic rings. The number of Topliss-reactive ketones (excluding diaryl/α,β-unsaturated/α-hetero) is 1. The van der Waals surface area contributed by atoms with Crippen molar-refractivity contribution in [1.29, 1.82) is 0 Å². The number of hydrogen-bond acceptors (Lipinski definition) is 2. The summed E-state index contributed by atoms with van der Waals surface area (Å²) in [5, 5.41) is 0.